The molecule has 0 amide bonds. The Morgan fingerprint density at radius 2 is 2.29 bits per heavy atom. The van der Waals surface area contributed by atoms with E-state index in [1.807, 2.05) is 0 Å². The molecule has 2 N–H and O–H groups in total. The van der Waals surface area contributed by atoms with Crippen molar-refractivity contribution in [2.75, 3.05) is 0 Å². The van der Waals surface area contributed by atoms with Crippen molar-refractivity contribution in [3.63, 3.8) is 0 Å². The van der Waals surface area contributed by atoms with E-state index >= 15 is 0 Å². The zero-order valence-corrected chi connectivity index (χ0v) is 9.81. The quantitative estimate of drug-likeness (QED) is 0.754. The van der Waals surface area contributed by atoms with Crippen molar-refractivity contribution in [3.8, 4) is 0 Å². The Bertz CT molecular complexity index is 293. The van der Waals surface area contributed by atoms with Crippen molar-refractivity contribution < 1.29 is 0 Å². The number of hydrogen-bond acceptors (Lipinski definition) is 2. The molecule has 0 saturated heterocycles. The summed E-state index contributed by atoms with van der Waals surface area (Å²) in [7, 11) is 0. The van der Waals surface area contributed by atoms with Crippen molar-refractivity contribution in [2.45, 2.75) is 38.6 Å². The Balaban J connectivity index is 2.23. The summed E-state index contributed by atoms with van der Waals surface area (Å²) in [6.07, 6.45) is 3.69. The highest BCUT2D eigenvalue weighted by atomic mass is 32.1. The summed E-state index contributed by atoms with van der Waals surface area (Å²) in [5.41, 5.74) is 7.84. The molecule has 0 aliphatic heterocycles. The molecule has 1 fully saturated rings. The predicted molar refractivity (Wildman–Crippen MR) is 62.4 cm³/mol. The maximum atomic E-state index is 6.54. The molecule has 0 spiro atoms. The molecular formula is C12H19NS. The van der Waals surface area contributed by atoms with E-state index in [0.29, 0.717) is 5.92 Å². The first-order chi connectivity index (χ1) is 6.63. The second-order valence-electron chi connectivity index (χ2n) is 4.83. The van der Waals surface area contributed by atoms with Gasteiger partial charge in [0.1, 0.15) is 0 Å². The molecule has 1 aromatic rings. The largest absolute Gasteiger partial charge is 0.321 e. The molecule has 1 aliphatic carbocycles. The van der Waals surface area contributed by atoms with Gasteiger partial charge >= 0.3 is 0 Å². The molecule has 0 bridgehead atoms. The molecule has 0 aromatic carbocycles. The van der Waals surface area contributed by atoms with E-state index in [9.17, 15) is 0 Å². The van der Waals surface area contributed by atoms with Gasteiger partial charge < -0.3 is 5.73 Å². The second kappa shape index (κ2) is 3.67. The maximum absolute atomic E-state index is 6.54. The van der Waals surface area contributed by atoms with Gasteiger partial charge in [-0.2, -0.15) is 11.3 Å². The van der Waals surface area contributed by atoms with Crippen LogP contribution in [0.1, 0.15) is 38.7 Å². The molecule has 78 valence electrons. The fourth-order valence-corrected chi connectivity index (χ4v) is 3.37. The van der Waals surface area contributed by atoms with Crippen LogP contribution in [0.2, 0.25) is 0 Å². The van der Waals surface area contributed by atoms with Crippen LogP contribution in [0.4, 0.5) is 0 Å². The normalized spacial score (nSPS) is 38.5. The molecule has 2 heteroatoms. The molecule has 3 unspecified atom stereocenters. The van der Waals surface area contributed by atoms with Gasteiger partial charge in [-0.05, 0) is 53.5 Å². The first-order valence-corrected chi connectivity index (χ1v) is 6.39. The number of rotatable bonds is 1. The first kappa shape index (κ1) is 10.2. The van der Waals surface area contributed by atoms with Crippen LogP contribution in [0, 0.1) is 11.8 Å². The summed E-state index contributed by atoms with van der Waals surface area (Å²) in [6, 6.07) is 2.19. The summed E-state index contributed by atoms with van der Waals surface area (Å²) >= 11 is 1.75. The van der Waals surface area contributed by atoms with E-state index < -0.39 is 0 Å². The van der Waals surface area contributed by atoms with Gasteiger partial charge in [-0.25, -0.2) is 0 Å². The lowest BCUT2D eigenvalue weighted by atomic mass is 9.68. The smallest absolute Gasteiger partial charge is 0.0444 e. The molecule has 1 saturated carbocycles. The van der Waals surface area contributed by atoms with Gasteiger partial charge in [-0.1, -0.05) is 13.8 Å². The van der Waals surface area contributed by atoms with E-state index in [2.05, 4.69) is 30.7 Å². The molecule has 1 heterocycles. The fourth-order valence-electron chi connectivity index (χ4n) is 2.62. The summed E-state index contributed by atoms with van der Waals surface area (Å²) in [5, 5.41) is 4.35. The molecule has 14 heavy (non-hydrogen) atoms. The lowest BCUT2D eigenvalue weighted by Gasteiger charge is -2.41. The number of thiophene rings is 1. The topological polar surface area (TPSA) is 26.0 Å². The first-order valence-electron chi connectivity index (χ1n) is 5.44. The minimum atomic E-state index is -0.0491. The van der Waals surface area contributed by atoms with Gasteiger partial charge in [0, 0.05) is 5.54 Å². The third-order valence-corrected chi connectivity index (χ3v) is 4.43. The van der Waals surface area contributed by atoms with Crippen LogP contribution in [0.5, 0.6) is 0 Å². The SMILES string of the molecule is CC1CCC(N)(c2ccsc2)C(C)C1. The lowest BCUT2D eigenvalue weighted by Crippen LogP contribution is -2.46. The van der Waals surface area contributed by atoms with E-state index in [1.54, 1.807) is 11.3 Å². The summed E-state index contributed by atoms with van der Waals surface area (Å²) < 4.78 is 0. The van der Waals surface area contributed by atoms with Crippen LogP contribution in [-0.4, -0.2) is 0 Å². The highest BCUT2D eigenvalue weighted by Crippen LogP contribution is 2.42. The van der Waals surface area contributed by atoms with Crippen LogP contribution in [0.3, 0.4) is 0 Å². The molecule has 0 radical (unpaired) electrons. The minimum absolute atomic E-state index is 0.0491. The Morgan fingerprint density at radius 1 is 1.50 bits per heavy atom. The van der Waals surface area contributed by atoms with Gasteiger partial charge in [0.2, 0.25) is 0 Å². The molecule has 2 rings (SSSR count). The molecule has 1 nitrogen and oxygen atoms in total. The van der Waals surface area contributed by atoms with Crippen LogP contribution in [0.25, 0.3) is 0 Å². The second-order valence-corrected chi connectivity index (χ2v) is 5.61. The fraction of sp³-hybridized carbons (Fsp3) is 0.667. The van der Waals surface area contributed by atoms with E-state index in [4.69, 9.17) is 5.73 Å². The van der Waals surface area contributed by atoms with Gasteiger partial charge in [-0.3, -0.25) is 0 Å². The summed E-state index contributed by atoms with van der Waals surface area (Å²) in [5.74, 6) is 1.46. The lowest BCUT2D eigenvalue weighted by molar-refractivity contribution is 0.165. The molecule has 3 atom stereocenters. The van der Waals surface area contributed by atoms with Gasteiger partial charge in [0.25, 0.3) is 0 Å². The highest BCUT2D eigenvalue weighted by molar-refractivity contribution is 7.08. The zero-order chi connectivity index (χ0) is 10.2. The minimum Gasteiger partial charge on any atom is -0.321 e. The van der Waals surface area contributed by atoms with Gasteiger partial charge in [-0.15, -0.1) is 0 Å². The van der Waals surface area contributed by atoms with Gasteiger partial charge in [0.05, 0.1) is 0 Å². The number of nitrogens with two attached hydrogens (primary N) is 1. The van der Waals surface area contributed by atoms with Crippen LogP contribution < -0.4 is 5.73 Å². The van der Waals surface area contributed by atoms with Crippen LogP contribution >= 0.6 is 11.3 Å². The van der Waals surface area contributed by atoms with Crippen LogP contribution in [-0.2, 0) is 5.54 Å². The number of hydrogen-bond donors (Lipinski definition) is 1. The maximum Gasteiger partial charge on any atom is 0.0444 e. The Kier molecular flexibility index (Phi) is 2.67. The molecule has 1 aliphatic rings. The van der Waals surface area contributed by atoms with E-state index in [0.717, 1.165) is 12.3 Å². The summed E-state index contributed by atoms with van der Waals surface area (Å²) in [4.78, 5) is 0. The van der Waals surface area contributed by atoms with Crippen molar-refractivity contribution >= 4 is 11.3 Å². The van der Waals surface area contributed by atoms with Crippen molar-refractivity contribution in [1.82, 2.24) is 0 Å². The third kappa shape index (κ3) is 1.61. The van der Waals surface area contributed by atoms with E-state index in [1.165, 1.54) is 18.4 Å². The highest BCUT2D eigenvalue weighted by Gasteiger charge is 2.38. The Hall–Kier alpha value is -0.340. The molecular weight excluding hydrogens is 190 g/mol. The molecule has 1 aromatic heterocycles. The van der Waals surface area contributed by atoms with E-state index in [-0.39, 0.29) is 5.54 Å². The van der Waals surface area contributed by atoms with Crippen LogP contribution in [0.15, 0.2) is 16.8 Å². The zero-order valence-electron chi connectivity index (χ0n) is 8.99. The van der Waals surface area contributed by atoms with Gasteiger partial charge in [0.15, 0.2) is 0 Å². The predicted octanol–water partition coefficient (Wildman–Crippen LogP) is 3.36. The third-order valence-electron chi connectivity index (χ3n) is 3.74. The standard InChI is InChI=1S/C12H19NS/c1-9-3-5-12(13,10(2)7-9)11-4-6-14-8-11/h4,6,8-10H,3,5,7,13H2,1-2H3. The monoisotopic (exact) mass is 209 g/mol. The van der Waals surface area contributed by atoms with Crippen molar-refractivity contribution in [3.05, 3.63) is 22.4 Å². The van der Waals surface area contributed by atoms with Crippen molar-refractivity contribution in [1.29, 1.82) is 0 Å². The Morgan fingerprint density at radius 3 is 2.86 bits per heavy atom. The average Bonchev–Trinajstić information content (AvgIpc) is 2.65. The Labute approximate surface area is 90.3 Å². The summed E-state index contributed by atoms with van der Waals surface area (Å²) in [6.45, 7) is 4.64. The average molecular weight is 209 g/mol. The van der Waals surface area contributed by atoms with Crippen molar-refractivity contribution in [2.24, 2.45) is 17.6 Å².